The van der Waals surface area contributed by atoms with Crippen LogP contribution in [0.2, 0.25) is 0 Å². The molecular weight excluding hydrogens is 324 g/mol. The second-order valence-electron chi connectivity index (χ2n) is 5.57. The predicted octanol–water partition coefficient (Wildman–Crippen LogP) is 4.05. The van der Waals surface area contributed by atoms with Gasteiger partial charge >= 0.3 is 5.63 Å². The summed E-state index contributed by atoms with van der Waals surface area (Å²) in [6.45, 7) is 1.91. The van der Waals surface area contributed by atoms with Crippen molar-refractivity contribution in [3.63, 3.8) is 0 Å². The van der Waals surface area contributed by atoms with Crippen molar-refractivity contribution in [1.29, 1.82) is 0 Å². The topological polar surface area (TPSA) is 67.5 Å². The van der Waals surface area contributed by atoms with E-state index in [2.05, 4.69) is 0 Å². The third kappa shape index (κ3) is 2.13. The highest BCUT2D eigenvalue weighted by molar-refractivity contribution is 7.17. The molecule has 5 heteroatoms. The molecule has 0 unspecified atom stereocenters. The quantitative estimate of drug-likeness (QED) is 0.533. The van der Waals surface area contributed by atoms with Crippen LogP contribution < -0.4 is 10.4 Å². The molecule has 0 aliphatic heterocycles. The second kappa shape index (κ2) is 5.32. The molecule has 4 nitrogen and oxygen atoms in total. The number of aryl methyl sites for hydroxylation is 1. The molecule has 4 aromatic rings. The SMILES string of the molecule is Cc1ccc2sc(=O)c3c(O)c(-c4ccccc4)c(=O)oc3c2c1. The summed E-state index contributed by atoms with van der Waals surface area (Å²) in [5, 5.41) is 11.3. The number of aromatic hydroxyl groups is 1. The van der Waals surface area contributed by atoms with Gasteiger partial charge in [0.05, 0.1) is 0 Å². The van der Waals surface area contributed by atoms with Gasteiger partial charge in [-0.3, -0.25) is 4.79 Å². The molecule has 0 radical (unpaired) electrons. The Labute approximate surface area is 140 Å². The van der Waals surface area contributed by atoms with Crippen molar-refractivity contribution < 1.29 is 9.52 Å². The Morgan fingerprint density at radius 1 is 1.04 bits per heavy atom. The van der Waals surface area contributed by atoms with Gasteiger partial charge in [-0.2, -0.15) is 0 Å². The number of hydrogen-bond acceptors (Lipinski definition) is 5. The summed E-state index contributed by atoms with van der Waals surface area (Å²) in [7, 11) is 0. The second-order valence-corrected chi connectivity index (χ2v) is 6.59. The molecule has 4 rings (SSSR count). The zero-order chi connectivity index (χ0) is 16.8. The van der Waals surface area contributed by atoms with Gasteiger partial charge in [-0.15, -0.1) is 0 Å². The van der Waals surface area contributed by atoms with Crippen LogP contribution in [0.25, 0.3) is 32.2 Å². The Kier molecular flexibility index (Phi) is 3.25. The molecule has 0 bridgehead atoms. The van der Waals surface area contributed by atoms with E-state index in [1.54, 1.807) is 30.3 Å². The van der Waals surface area contributed by atoms with Crippen molar-refractivity contribution in [3.8, 4) is 16.9 Å². The van der Waals surface area contributed by atoms with E-state index in [4.69, 9.17) is 4.42 Å². The van der Waals surface area contributed by atoms with Gasteiger partial charge in [0.2, 0.25) is 4.74 Å². The van der Waals surface area contributed by atoms with Crippen LogP contribution in [0.1, 0.15) is 5.56 Å². The number of hydrogen-bond donors (Lipinski definition) is 1. The first-order chi connectivity index (χ1) is 11.6. The lowest BCUT2D eigenvalue weighted by molar-refractivity contribution is 0.471. The molecule has 2 heterocycles. The van der Waals surface area contributed by atoms with Crippen molar-refractivity contribution in [2.75, 3.05) is 0 Å². The summed E-state index contributed by atoms with van der Waals surface area (Å²) in [4.78, 5) is 25.0. The van der Waals surface area contributed by atoms with Crippen LogP contribution in [0.4, 0.5) is 0 Å². The van der Waals surface area contributed by atoms with E-state index in [1.165, 1.54) is 0 Å². The van der Waals surface area contributed by atoms with Crippen LogP contribution in [-0.2, 0) is 0 Å². The molecule has 2 aromatic heterocycles. The van der Waals surface area contributed by atoms with Gasteiger partial charge in [0.15, 0.2) is 5.58 Å². The lowest BCUT2D eigenvalue weighted by Gasteiger charge is -2.08. The maximum absolute atomic E-state index is 12.5. The van der Waals surface area contributed by atoms with Gasteiger partial charge in [0.1, 0.15) is 16.7 Å². The largest absolute Gasteiger partial charge is 0.506 e. The van der Waals surface area contributed by atoms with Crippen LogP contribution in [0.3, 0.4) is 0 Å². The zero-order valence-electron chi connectivity index (χ0n) is 12.7. The fraction of sp³-hybridized carbons (Fsp3) is 0.0526. The highest BCUT2D eigenvalue weighted by Gasteiger charge is 2.20. The third-order valence-corrected chi connectivity index (χ3v) is 4.91. The van der Waals surface area contributed by atoms with Crippen LogP contribution in [0, 0.1) is 6.92 Å². The summed E-state index contributed by atoms with van der Waals surface area (Å²) < 4.78 is 5.85. The van der Waals surface area contributed by atoms with Gasteiger partial charge in [0, 0.05) is 10.1 Å². The first-order valence-corrected chi connectivity index (χ1v) is 8.16. The number of fused-ring (bicyclic) bond motifs is 3. The standard InChI is InChI=1S/C19H12O4S/c1-10-7-8-13-12(9-10)17-15(19(22)24-13)16(20)14(18(21)23-17)11-5-3-2-4-6-11/h2-9,20H,1H3. The summed E-state index contributed by atoms with van der Waals surface area (Å²) in [5.74, 6) is -0.322. The molecule has 118 valence electrons. The lowest BCUT2D eigenvalue weighted by Crippen LogP contribution is -2.07. The predicted molar refractivity (Wildman–Crippen MR) is 96.0 cm³/mol. The van der Waals surface area contributed by atoms with Gasteiger partial charge in [-0.1, -0.05) is 53.3 Å². The molecular formula is C19H12O4S. The first kappa shape index (κ1) is 14.7. The van der Waals surface area contributed by atoms with Crippen LogP contribution in [0.15, 0.2) is 62.5 Å². The third-order valence-electron chi connectivity index (χ3n) is 3.95. The van der Waals surface area contributed by atoms with Crippen LogP contribution in [-0.4, -0.2) is 5.11 Å². The minimum absolute atomic E-state index is 0.0133. The van der Waals surface area contributed by atoms with Crippen LogP contribution in [0.5, 0.6) is 5.75 Å². The Morgan fingerprint density at radius 3 is 2.54 bits per heavy atom. The van der Waals surface area contributed by atoms with Crippen molar-refractivity contribution in [1.82, 2.24) is 0 Å². The average Bonchev–Trinajstić information content (AvgIpc) is 2.56. The Balaban J connectivity index is 2.22. The normalized spacial score (nSPS) is 11.2. The van der Waals surface area contributed by atoms with E-state index in [9.17, 15) is 14.7 Å². The Morgan fingerprint density at radius 2 is 1.79 bits per heavy atom. The van der Waals surface area contributed by atoms with E-state index >= 15 is 0 Å². The van der Waals surface area contributed by atoms with E-state index in [0.29, 0.717) is 15.6 Å². The molecule has 0 aliphatic carbocycles. The van der Waals surface area contributed by atoms with Gasteiger partial charge in [0.25, 0.3) is 0 Å². The highest BCUT2D eigenvalue weighted by atomic mass is 32.1. The minimum atomic E-state index is -0.662. The zero-order valence-corrected chi connectivity index (χ0v) is 13.5. The van der Waals surface area contributed by atoms with Crippen molar-refractivity contribution in [2.24, 2.45) is 0 Å². The summed E-state index contributed by atoms with van der Waals surface area (Å²) in [5.41, 5.74) is 0.979. The summed E-state index contributed by atoms with van der Waals surface area (Å²) in [6, 6.07) is 14.2. The smallest absolute Gasteiger partial charge is 0.348 e. The molecule has 0 fully saturated rings. The summed E-state index contributed by atoms with van der Waals surface area (Å²) in [6.07, 6.45) is 0. The van der Waals surface area contributed by atoms with Crippen molar-refractivity contribution in [3.05, 3.63) is 74.1 Å². The minimum Gasteiger partial charge on any atom is -0.506 e. The fourth-order valence-electron chi connectivity index (χ4n) is 2.82. The molecule has 1 N–H and O–H groups in total. The molecule has 2 aromatic carbocycles. The van der Waals surface area contributed by atoms with Gasteiger partial charge in [-0.25, -0.2) is 4.79 Å². The first-order valence-electron chi connectivity index (χ1n) is 7.35. The van der Waals surface area contributed by atoms with Crippen LogP contribution >= 0.6 is 11.3 Å². The maximum atomic E-state index is 12.5. The van der Waals surface area contributed by atoms with Crippen molar-refractivity contribution in [2.45, 2.75) is 6.92 Å². The molecule has 0 atom stereocenters. The molecule has 0 amide bonds. The number of rotatable bonds is 1. The Bertz CT molecular complexity index is 1200. The fourth-order valence-corrected chi connectivity index (χ4v) is 3.71. The number of benzene rings is 2. The van der Waals surface area contributed by atoms with Gasteiger partial charge in [-0.05, 0) is 24.6 Å². The molecule has 0 aliphatic rings. The molecule has 0 spiro atoms. The summed E-state index contributed by atoms with van der Waals surface area (Å²) >= 11 is 1.03. The molecule has 0 saturated carbocycles. The average molecular weight is 336 g/mol. The van der Waals surface area contributed by atoms with E-state index < -0.39 is 5.63 Å². The highest BCUT2D eigenvalue weighted by Crippen LogP contribution is 2.35. The maximum Gasteiger partial charge on any atom is 0.348 e. The lowest BCUT2D eigenvalue weighted by atomic mass is 10.0. The Hall–Kier alpha value is -2.92. The van der Waals surface area contributed by atoms with E-state index in [-0.39, 0.29) is 27.0 Å². The monoisotopic (exact) mass is 336 g/mol. The molecule has 0 saturated heterocycles. The van der Waals surface area contributed by atoms with Crippen molar-refractivity contribution >= 4 is 32.4 Å². The van der Waals surface area contributed by atoms with E-state index in [1.807, 2.05) is 25.1 Å². The molecule has 24 heavy (non-hydrogen) atoms. The van der Waals surface area contributed by atoms with E-state index in [0.717, 1.165) is 16.9 Å². The van der Waals surface area contributed by atoms with Gasteiger partial charge < -0.3 is 9.52 Å².